The molecule has 3 aromatic rings. The van der Waals surface area contributed by atoms with Gasteiger partial charge in [0, 0.05) is 17.3 Å². The Morgan fingerprint density at radius 1 is 1.15 bits per heavy atom. The third-order valence-corrected chi connectivity index (χ3v) is 6.68. The van der Waals surface area contributed by atoms with Crippen LogP contribution in [-0.4, -0.2) is 47.6 Å². The molecule has 1 aromatic carbocycles. The largest absolute Gasteiger partial charge is 0.416 e. The molecule has 2 N–H and O–H groups in total. The van der Waals surface area contributed by atoms with Crippen LogP contribution < -0.4 is 4.90 Å². The maximum absolute atomic E-state index is 13.5. The smallest absolute Gasteiger partial charge is 0.390 e. The number of carbonyl (C=O) groups is 1. The van der Waals surface area contributed by atoms with Crippen molar-refractivity contribution in [3.05, 3.63) is 65.4 Å². The molecule has 1 aliphatic heterocycles. The number of rotatable bonds is 3. The number of hydrogen-bond acceptors (Lipinski definition) is 6. The lowest BCUT2D eigenvalue weighted by Crippen LogP contribution is -2.49. The molecule has 11 heteroatoms. The van der Waals surface area contributed by atoms with Crippen LogP contribution in [0.5, 0.6) is 0 Å². The highest BCUT2D eigenvalue weighted by Crippen LogP contribution is 2.54. The number of fused-ring (bicyclic) bond motifs is 1. The van der Waals surface area contributed by atoms with Crippen LogP contribution in [0.4, 0.5) is 19.0 Å². The van der Waals surface area contributed by atoms with E-state index in [2.05, 4.69) is 15.2 Å². The van der Waals surface area contributed by atoms with E-state index in [4.69, 9.17) is 0 Å². The van der Waals surface area contributed by atoms with Gasteiger partial charge in [0.25, 0.3) is 5.91 Å². The van der Waals surface area contributed by atoms with E-state index in [0.29, 0.717) is 5.69 Å². The van der Waals surface area contributed by atoms with Gasteiger partial charge in [-0.15, -0.1) is 10.2 Å². The van der Waals surface area contributed by atoms with Crippen LogP contribution in [0.25, 0.3) is 5.69 Å². The predicted octanol–water partition coefficient (Wildman–Crippen LogP) is 2.89. The van der Waals surface area contributed by atoms with Gasteiger partial charge in [-0.3, -0.25) is 14.3 Å². The van der Waals surface area contributed by atoms with Crippen molar-refractivity contribution in [3.63, 3.8) is 0 Å². The summed E-state index contributed by atoms with van der Waals surface area (Å²) < 4.78 is 42.3. The summed E-state index contributed by atoms with van der Waals surface area (Å²) in [4.78, 5) is 18.8. The van der Waals surface area contributed by atoms with Crippen LogP contribution in [-0.2, 0) is 11.0 Å². The number of carbonyl (C=O) groups excluding carboxylic acids is 1. The number of aromatic nitrogens is 4. The van der Waals surface area contributed by atoms with E-state index in [1.165, 1.54) is 13.3 Å². The number of aliphatic hydroxyl groups is 2. The quantitative estimate of drug-likeness (QED) is 0.606. The summed E-state index contributed by atoms with van der Waals surface area (Å²) in [5.74, 6) is -1.74. The van der Waals surface area contributed by atoms with E-state index in [1.54, 1.807) is 4.57 Å². The van der Waals surface area contributed by atoms with E-state index >= 15 is 0 Å². The van der Waals surface area contributed by atoms with E-state index in [0.717, 1.165) is 22.6 Å². The minimum absolute atomic E-state index is 0.0566. The Bertz CT molecular complexity index is 1280. The van der Waals surface area contributed by atoms with Crippen LogP contribution in [0.1, 0.15) is 41.5 Å². The summed E-state index contributed by atoms with van der Waals surface area (Å²) in [6.45, 7) is 3.30. The number of benzene rings is 1. The second kappa shape index (κ2) is 7.60. The lowest BCUT2D eigenvalue weighted by Gasteiger charge is -2.27. The van der Waals surface area contributed by atoms with Crippen molar-refractivity contribution >= 4 is 11.7 Å². The third kappa shape index (κ3) is 3.30. The fourth-order valence-electron chi connectivity index (χ4n) is 5.13. The Morgan fingerprint density at radius 2 is 1.91 bits per heavy atom. The van der Waals surface area contributed by atoms with Crippen LogP contribution in [0.3, 0.4) is 0 Å². The second-order valence-electron chi connectivity index (χ2n) is 8.90. The van der Waals surface area contributed by atoms with Gasteiger partial charge in [-0.25, -0.2) is 4.98 Å². The van der Waals surface area contributed by atoms with Crippen LogP contribution in [0.15, 0.2) is 42.7 Å². The molecule has 1 amide bonds. The first-order valence-corrected chi connectivity index (χ1v) is 10.8. The molecule has 5 rings (SSSR count). The molecule has 0 spiro atoms. The minimum Gasteiger partial charge on any atom is -0.390 e. The summed E-state index contributed by atoms with van der Waals surface area (Å²) in [5.41, 5.74) is -1.43. The third-order valence-electron chi connectivity index (χ3n) is 6.68. The molecule has 0 bridgehead atoms. The zero-order valence-corrected chi connectivity index (χ0v) is 18.4. The molecule has 3 heterocycles. The van der Waals surface area contributed by atoms with Gasteiger partial charge in [0.2, 0.25) is 0 Å². The van der Waals surface area contributed by atoms with Gasteiger partial charge in [0.05, 0.1) is 11.7 Å². The van der Waals surface area contributed by atoms with Gasteiger partial charge in [0.15, 0.2) is 11.4 Å². The molecule has 2 aromatic heterocycles. The van der Waals surface area contributed by atoms with Gasteiger partial charge < -0.3 is 10.2 Å². The fraction of sp³-hybridized carbons (Fsp3) is 0.391. The fourth-order valence-corrected chi connectivity index (χ4v) is 5.13. The number of alkyl halides is 3. The number of amides is 1. The Kier molecular flexibility index (Phi) is 5.03. The average molecular weight is 473 g/mol. The topological polar surface area (TPSA) is 104 Å². The number of anilines is 1. The summed E-state index contributed by atoms with van der Waals surface area (Å²) >= 11 is 0. The molecule has 1 aliphatic carbocycles. The number of pyridine rings is 1. The molecule has 8 nitrogen and oxygen atoms in total. The first-order valence-electron chi connectivity index (χ1n) is 10.8. The summed E-state index contributed by atoms with van der Waals surface area (Å²) in [6.07, 6.45) is -4.14. The van der Waals surface area contributed by atoms with Crippen molar-refractivity contribution in [2.24, 2.45) is 5.92 Å². The Morgan fingerprint density at radius 3 is 2.62 bits per heavy atom. The highest BCUT2D eigenvalue weighted by molar-refractivity contribution is 6.03. The van der Waals surface area contributed by atoms with Gasteiger partial charge in [-0.2, -0.15) is 13.2 Å². The van der Waals surface area contributed by atoms with Gasteiger partial charge in [0.1, 0.15) is 18.2 Å². The highest BCUT2D eigenvalue weighted by Gasteiger charge is 2.67. The molecule has 2 aliphatic rings. The first-order chi connectivity index (χ1) is 16.0. The zero-order valence-electron chi connectivity index (χ0n) is 18.4. The minimum atomic E-state index is -4.66. The molecule has 1 saturated heterocycles. The van der Waals surface area contributed by atoms with Crippen LogP contribution >= 0.6 is 0 Å². The van der Waals surface area contributed by atoms with Gasteiger partial charge >= 0.3 is 6.18 Å². The van der Waals surface area contributed by atoms with E-state index in [-0.39, 0.29) is 30.2 Å². The molecule has 1 saturated carbocycles. The molecular weight excluding hydrogens is 451 g/mol. The molecule has 0 radical (unpaired) electrons. The maximum Gasteiger partial charge on any atom is 0.416 e. The number of hydrogen-bond donors (Lipinski definition) is 2. The number of nitrogens with zero attached hydrogens (tertiary/aromatic N) is 5. The lowest BCUT2D eigenvalue weighted by atomic mass is 9.88. The normalized spacial score (nSPS) is 26.9. The van der Waals surface area contributed by atoms with Crippen LogP contribution in [0.2, 0.25) is 0 Å². The summed E-state index contributed by atoms with van der Waals surface area (Å²) in [5, 5.41) is 30.0. The monoisotopic (exact) mass is 473 g/mol. The predicted molar refractivity (Wildman–Crippen MR) is 114 cm³/mol. The summed E-state index contributed by atoms with van der Waals surface area (Å²) in [7, 11) is 0. The molecule has 178 valence electrons. The number of halogens is 3. The lowest BCUT2D eigenvalue weighted by molar-refractivity contribution is -0.145. The standard InChI is InChI=1S/C23H22F3N5O3/c1-12-4-3-5-15(8-12)30-11-27-29-20(30)19-16-6-7-17(32)22(16,34)21(33)31(19)18-10-14(23(24,25)26)9-13(2)28-18/h3-5,8-11,16-17,19,32,34H,6-7H2,1-2H3. The molecular formula is C23H22F3N5O3. The number of aliphatic hydroxyl groups excluding tert-OH is 1. The van der Waals surface area contributed by atoms with E-state index in [9.17, 15) is 28.2 Å². The Labute approximate surface area is 192 Å². The van der Waals surface area contributed by atoms with Gasteiger partial charge in [-0.1, -0.05) is 12.1 Å². The highest BCUT2D eigenvalue weighted by atomic mass is 19.4. The number of aryl methyl sites for hydroxylation is 2. The molecule has 34 heavy (non-hydrogen) atoms. The van der Waals surface area contributed by atoms with Gasteiger partial charge in [-0.05, 0) is 56.5 Å². The van der Waals surface area contributed by atoms with E-state index < -0.39 is 41.3 Å². The Balaban J connectivity index is 1.71. The van der Waals surface area contributed by atoms with E-state index in [1.807, 2.05) is 31.2 Å². The van der Waals surface area contributed by atoms with Crippen molar-refractivity contribution in [1.29, 1.82) is 0 Å². The van der Waals surface area contributed by atoms with Crippen molar-refractivity contribution in [3.8, 4) is 5.69 Å². The average Bonchev–Trinajstić information content (AvgIpc) is 3.42. The molecule has 2 fully saturated rings. The molecule has 4 unspecified atom stereocenters. The van der Waals surface area contributed by atoms with Crippen molar-refractivity contribution in [2.45, 2.75) is 50.6 Å². The first kappa shape index (κ1) is 22.5. The van der Waals surface area contributed by atoms with Crippen molar-refractivity contribution < 1.29 is 28.2 Å². The van der Waals surface area contributed by atoms with Crippen molar-refractivity contribution in [1.82, 2.24) is 19.7 Å². The van der Waals surface area contributed by atoms with Crippen LogP contribution in [0, 0.1) is 19.8 Å². The second-order valence-corrected chi connectivity index (χ2v) is 8.90. The van der Waals surface area contributed by atoms with Crippen molar-refractivity contribution in [2.75, 3.05) is 4.90 Å². The molecule has 4 atom stereocenters. The zero-order chi connectivity index (χ0) is 24.4. The SMILES string of the molecule is Cc1cccc(-n2cnnc2C2C3CCC(O)C3(O)C(=O)N2c2cc(C(F)(F)F)cc(C)n2)c1. The summed E-state index contributed by atoms with van der Waals surface area (Å²) in [6, 6.07) is 8.09. The maximum atomic E-state index is 13.5. The Hall–Kier alpha value is -3.31.